The van der Waals surface area contributed by atoms with Gasteiger partial charge in [-0.15, -0.1) is 11.3 Å². The summed E-state index contributed by atoms with van der Waals surface area (Å²) in [5.74, 6) is 0.636. The Morgan fingerprint density at radius 1 is 1.06 bits per heavy atom. The van der Waals surface area contributed by atoms with Crippen LogP contribution in [-0.4, -0.2) is 48.4 Å². The van der Waals surface area contributed by atoms with Crippen molar-refractivity contribution in [3.63, 3.8) is 0 Å². The van der Waals surface area contributed by atoms with Crippen LogP contribution in [0.1, 0.15) is 34.0 Å². The van der Waals surface area contributed by atoms with E-state index in [0.29, 0.717) is 9.90 Å². The zero-order chi connectivity index (χ0) is 22.8. The van der Waals surface area contributed by atoms with E-state index in [4.69, 9.17) is 16.0 Å². The first-order valence-corrected chi connectivity index (χ1v) is 12.5. The summed E-state index contributed by atoms with van der Waals surface area (Å²) >= 11 is 7.64. The molecular formula is C26H26ClN3O2S. The van der Waals surface area contributed by atoms with Gasteiger partial charge in [0.1, 0.15) is 11.3 Å². The average Bonchev–Trinajstić information content (AvgIpc) is 3.50. The highest BCUT2D eigenvalue weighted by molar-refractivity contribution is 7.12. The molecule has 3 heterocycles. The maximum atomic E-state index is 13.1. The number of para-hydroxylation sites is 1. The molecule has 170 valence electrons. The van der Waals surface area contributed by atoms with E-state index in [1.165, 1.54) is 11.3 Å². The molecule has 0 radical (unpaired) electrons. The summed E-state index contributed by atoms with van der Waals surface area (Å²) < 4.78 is 6.47. The van der Waals surface area contributed by atoms with Crippen molar-refractivity contribution in [1.82, 2.24) is 9.80 Å². The number of likely N-dealkylation sites (N-methyl/N-ethyl adjacent to an activating group) is 1. The third-order valence-electron chi connectivity index (χ3n) is 6.26. The molecule has 0 unspecified atom stereocenters. The van der Waals surface area contributed by atoms with Crippen LogP contribution in [0.2, 0.25) is 5.02 Å². The molecule has 1 atom stereocenters. The van der Waals surface area contributed by atoms with Gasteiger partial charge in [0.25, 0.3) is 5.91 Å². The maximum Gasteiger partial charge on any atom is 0.265 e. The highest BCUT2D eigenvalue weighted by Crippen LogP contribution is 2.41. The lowest BCUT2D eigenvalue weighted by molar-refractivity contribution is 0.102. The van der Waals surface area contributed by atoms with Crippen molar-refractivity contribution >= 4 is 45.5 Å². The zero-order valence-corrected chi connectivity index (χ0v) is 20.0. The first-order valence-electron chi connectivity index (χ1n) is 11.2. The SMILES string of the molecule is CCN1CCN([C@H](c2ccc(Cl)cc2)c2oc3ccccc3c2NC(=O)c2cccs2)CC1. The largest absolute Gasteiger partial charge is 0.457 e. The second kappa shape index (κ2) is 9.69. The molecule has 1 N–H and O–H groups in total. The Morgan fingerprint density at radius 2 is 1.82 bits per heavy atom. The molecule has 4 aromatic rings. The molecule has 0 aliphatic carbocycles. The summed E-state index contributed by atoms with van der Waals surface area (Å²) in [6, 6.07) is 19.4. The summed E-state index contributed by atoms with van der Waals surface area (Å²) in [6.07, 6.45) is 0. The van der Waals surface area contributed by atoms with E-state index in [1.807, 2.05) is 53.9 Å². The Hall–Kier alpha value is -2.64. The summed E-state index contributed by atoms with van der Waals surface area (Å²) in [5.41, 5.74) is 2.59. The van der Waals surface area contributed by atoms with Crippen molar-refractivity contribution in [3.05, 3.63) is 87.3 Å². The number of carbonyl (C=O) groups excluding carboxylic acids is 1. The van der Waals surface area contributed by atoms with E-state index in [1.54, 1.807) is 0 Å². The second-order valence-electron chi connectivity index (χ2n) is 8.19. The molecule has 5 nitrogen and oxygen atoms in total. The number of nitrogens with one attached hydrogen (secondary N) is 1. The molecule has 1 aliphatic rings. The van der Waals surface area contributed by atoms with Crippen LogP contribution in [0.5, 0.6) is 0 Å². The van der Waals surface area contributed by atoms with Crippen LogP contribution in [-0.2, 0) is 0 Å². The number of hydrogen-bond donors (Lipinski definition) is 1. The number of halogens is 1. The third-order valence-corrected chi connectivity index (χ3v) is 7.38. The number of piperazine rings is 1. The Labute approximate surface area is 202 Å². The van der Waals surface area contributed by atoms with Crippen molar-refractivity contribution in [3.8, 4) is 0 Å². The van der Waals surface area contributed by atoms with Crippen LogP contribution in [0.4, 0.5) is 5.69 Å². The molecule has 2 aromatic carbocycles. The summed E-state index contributed by atoms with van der Waals surface area (Å²) in [5, 5.41) is 6.69. The van der Waals surface area contributed by atoms with E-state index in [0.717, 1.165) is 60.7 Å². The second-order valence-corrected chi connectivity index (χ2v) is 9.58. The monoisotopic (exact) mass is 479 g/mol. The number of carbonyl (C=O) groups is 1. The van der Waals surface area contributed by atoms with Gasteiger partial charge in [-0.1, -0.05) is 48.9 Å². The van der Waals surface area contributed by atoms with E-state index in [9.17, 15) is 4.79 Å². The van der Waals surface area contributed by atoms with Crippen molar-refractivity contribution in [1.29, 1.82) is 0 Å². The Balaban J connectivity index is 1.60. The smallest absolute Gasteiger partial charge is 0.265 e. The summed E-state index contributed by atoms with van der Waals surface area (Å²) in [6.45, 7) is 7.07. The molecule has 2 aromatic heterocycles. The Kier molecular flexibility index (Phi) is 6.51. The standard InChI is InChI=1S/C26H26ClN3O2S/c1-2-29-13-15-30(16-14-29)24(18-9-11-19(27)12-10-18)25-23(20-6-3-4-7-21(20)32-25)28-26(31)22-8-5-17-33-22/h3-12,17,24H,2,13-16H2,1H3,(H,28,31)/t24-/m1/s1. The van der Waals surface area contributed by atoms with Crippen molar-refractivity contribution in [2.75, 3.05) is 38.0 Å². The average molecular weight is 480 g/mol. The molecule has 1 saturated heterocycles. The first-order chi connectivity index (χ1) is 16.1. The molecule has 33 heavy (non-hydrogen) atoms. The van der Waals surface area contributed by atoms with Gasteiger partial charge < -0.3 is 14.6 Å². The van der Waals surface area contributed by atoms with Crippen LogP contribution < -0.4 is 5.32 Å². The topological polar surface area (TPSA) is 48.7 Å². The normalized spacial score (nSPS) is 16.2. The van der Waals surface area contributed by atoms with Gasteiger partial charge in [-0.25, -0.2) is 0 Å². The lowest BCUT2D eigenvalue weighted by Crippen LogP contribution is -2.47. The lowest BCUT2D eigenvalue weighted by Gasteiger charge is -2.38. The fourth-order valence-electron chi connectivity index (χ4n) is 4.48. The molecule has 0 saturated carbocycles. The van der Waals surface area contributed by atoms with Gasteiger partial charge in [-0.2, -0.15) is 0 Å². The fraction of sp³-hybridized carbons (Fsp3) is 0.269. The molecule has 1 fully saturated rings. The molecule has 0 spiro atoms. The van der Waals surface area contributed by atoms with Crippen molar-refractivity contribution in [2.24, 2.45) is 0 Å². The lowest BCUT2D eigenvalue weighted by atomic mass is 10.00. The van der Waals surface area contributed by atoms with Gasteiger partial charge in [0.15, 0.2) is 0 Å². The summed E-state index contributed by atoms with van der Waals surface area (Å²) in [7, 11) is 0. The van der Waals surface area contributed by atoms with Crippen LogP contribution in [0.3, 0.4) is 0 Å². The van der Waals surface area contributed by atoms with E-state index >= 15 is 0 Å². The minimum absolute atomic E-state index is 0.122. The van der Waals surface area contributed by atoms with Gasteiger partial charge in [0, 0.05) is 36.6 Å². The number of thiophene rings is 1. The maximum absolute atomic E-state index is 13.1. The molecule has 1 aliphatic heterocycles. The Morgan fingerprint density at radius 3 is 2.52 bits per heavy atom. The predicted molar refractivity (Wildman–Crippen MR) is 135 cm³/mol. The molecule has 5 rings (SSSR count). The number of rotatable bonds is 6. The van der Waals surface area contributed by atoms with Crippen molar-refractivity contribution < 1.29 is 9.21 Å². The number of amides is 1. The van der Waals surface area contributed by atoms with E-state index in [-0.39, 0.29) is 11.9 Å². The fourth-order valence-corrected chi connectivity index (χ4v) is 5.22. The number of hydrogen-bond acceptors (Lipinski definition) is 5. The molecule has 1 amide bonds. The minimum atomic E-state index is -0.132. The molecule has 7 heteroatoms. The van der Waals surface area contributed by atoms with E-state index < -0.39 is 0 Å². The van der Waals surface area contributed by atoms with Crippen molar-refractivity contribution in [2.45, 2.75) is 13.0 Å². The number of nitrogens with zero attached hydrogens (tertiary/aromatic N) is 2. The minimum Gasteiger partial charge on any atom is -0.457 e. The van der Waals surface area contributed by atoms with Gasteiger partial charge in [-0.05, 0) is 47.8 Å². The highest BCUT2D eigenvalue weighted by Gasteiger charge is 2.32. The number of anilines is 1. The molecule has 0 bridgehead atoms. The number of fused-ring (bicyclic) bond motifs is 1. The van der Waals surface area contributed by atoms with Crippen LogP contribution >= 0.6 is 22.9 Å². The first kappa shape index (κ1) is 22.2. The van der Waals surface area contributed by atoms with E-state index in [2.05, 4.69) is 34.2 Å². The predicted octanol–water partition coefficient (Wildman–Crippen LogP) is 6.13. The van der Waals surface area contributed by atoms with Crippen LogP contribution in [0.15, 0.2) is 70.5 Å². The number of furan rings is 1. The van der Waals surface area contributed by atoms with Gasteiger partial charge in [0.05, 0.1) is 16.6 Å². The number of benzene rings is 2. The summed E-state index contributed by atoms with van der Waals surface area (Å²) in [4.78, 5) is 18.6. The van der Waals surface area contributed by atoms with Crippen LogP contribution in [0.25, 0.3) is 11.0 Å². The Bertz CT molecular complexity index is 1230. The van der Waals surface area contributed by atoms with Gasteiger partial charge in [0.2, 0.25) is 0 Å². The zero-order valence-electron chi connectivity index (χ0n) is 18.5. The quantitative estimate of drug-likeness (QED) is 0.361. The highest BCUT2D eigenvalue weighted by atomic mass is 35.5. The third kappa shape index (κ3) is 4.57. The van der Waals surface area contributed by atoms with Gasteiger partial charge >= 0.3 is 0 Å². The van der Waals surface area contributed by atoms with Gasteiger partial charge in [-0.3, -0.25) is 9.69 Å². The van der Waals surface area contributed by atoms with Crippen LogP contribution in [0, 0.1) is 0 Å². The molecular weight excluding hydrogens is 454 g/mol.